The molecule has 11 heteroatoms. The van der Waals surface area contributed by atoms with E-state index in [2.05, 4.69) is 20.9 Å². The molecule has 0 aliphatic rings. The van der Waals surface area contributed by atoms with E-state index in [-0.39, 0.29) is 45.5 Å². The van der Waals surface area contributed by atoms with Crippen molar-refractivity contribution in [2.45, 2.75) is 51.4 Å². The lowest BCUT2D eigenvalue weighted by Crippen LogP contribution is -2.25. The van der Waals surface area contributed by atoms with Gasteiger partial charge in [-0.25, -0.2) is 9.37 Å². The first-order valence-electron chi connectivity index (χ1n) is 13.9. The summed E-state index contributed by atoms with van der Waals surface area (Å²) in [5, 5.41) is 11.6. The average Bonchev–Trinajstić information content (AvgIpc) is 3.41. The number of aromatic nitrogens is 1. The van der Waals surface area contributed by atoms with E-state index < -0.39 is 5.82 Å². The molecule has 0 saturated heterocycles. The molecule has 4 rings (SSSR count). The zero-order chi connectivity index (χ0) is 29.9. The summed E-state index contributed by atoms with van der Waals surface area (Å²) in [7, 11) is 0. The Labute approximate surface area is 252 Å². The van der Waals surface area contributed by atoms with Crippen molar-refractivity contribution in [1.82, 2.24) is 10.3 Å². The number of hydrogen-bond acceptors (Lipinski definition) is 6. The summed E-state index contributed by atoms with van der Waals surface area (Å²) in [6, 6.07) is 13.0. The standard InChI is InChI=1S/C31H33ClFN5O3S/c32-24-14-13-21(33)17-25(24)37-29-26(38-31(41)23-19-42-27-11-8-7-10-22(23)27)16-20(18-36-29)30(40)35-15-9-5-3-1-2-4-6-12-28(34)39/h7-8,10-11,13-14,16-19H,1-6,9,12,15H2,(H2,34,39)(H,35,40)(H,36,37)(H,38,41). The first-order chi connectivity index (χ1) is 20.3. The van der Waals surface area contributed by atoms with Crippen LogP contribution in [0.2, 0.25) is 5.02 Å². The molecule has 5 N–H and O–H groups in total. The number of halogens is 2. The van der Waals surface area contributed by atoms with Gasteiger partial charge in [0.15, 0.2) is 5.82 Å². The third-order valence-corrected chi connectivity index (χ3v) is 7.98. The molecule has 3 amide bonds. The SMILES string of the molecule is NC(=O)CCCCCCCCCNC(=O)c1cnc(Nc2cc(F)ccc2Cl)c(NC(=O)c2csc3ccccc23)c1. The van der Waals surface area contributed by atoms with Crippen LogP contribution < -0.4 is 21.7 Å². The Morgan fingerprint density at radius 1 is 0.905 bits per heavy atom. The molecule has 0 saturated carbocycles. The number of primary amides is 1. The lowest BCUT2D eigenvalue weighted by molar-refractivity contribution is -0.118. The van der Waals surface area contributed by atoms with E-state index in [0.29, 0.717) is 18.5 Å². The fraction of sp³-hybridized carbons (Fsp3) is 0.290. The number of benzene rings is 2. The number of nitrogens with two attached hydrogens (primary N) is 1. The van der Waals surface area contributed by atoms with E-state index in [1.54, 1.807) is 5.38 Å². The zero-order valence-corrected chi connectivity index (χ0v) is 24.6. The third kappa shape index (κ3) is 8.74. The van der Waals surface area contributed by atoms with Gasteiger partial charge in [0, 0.05) is 34.6 Å². The van der Waals surface area contributed by atoms with Crippen molar-refractivity contribution in [2.24, 2.45) is 5.73 Å². The largest absolute Gasteiger partial charge is 0.370 e. The quantitative estimate of drug-likeness (QED) is 0.104. The van der Waals surface area contributed by atoms with Crippen LogP contribution in [0.4, 0.5) is 21.6 Å². The Hall–Kier alpha value is -4.02. The van der Waals surface area contributed by atoms with E-state index in [9.17, 15) is 18.8 Å². The van der Waals surface area contributed by atoms with Crippen molar-refractivity contribution in [3.05, 3.63) is 82.1 Å². The molecule has 8 nitrogen and oxygen atoms in total. The van der Waals surface area contributed by atoms with Crippen molar-refractivity contribution in [3.8, 4) is 0 Å². The number of amides is 3. The zero-order valence-electron chi connectivity index (χ0n) is 23.1. The van der Waals surface area contributed by atoms with E-state index in [4.69, 9.17) is 17.3 Å². The van der Waals surface area contributed by atoms with Crippen molar-refractivity contribution >= 4 is 67.9 Å². The van der Waals surface area contributed by atoms with Crippen LogP contribution in [0.5, 0.6) is 0 Å². The molecule has 4 aromatic rings. The molecular formula is C31H33ClFN5O3S. The molecular weight excluding hydrogens is 577 g/mol. The van der Waals surface area contributed by atoms with Gasteiger partial charge in [-0.15, -0.1) is 11.3 Å². The van der Waals surface area contributed by atoms with Crippen LogP contribution in [-0.2, 0) is 4.79 Å². The highest BCUT2D eigenvalue weighted by molar-refractivity contribution is 7.17. The molecule has 0 aliphatic carbocycles. The van der Waals surface area contributed by atoms with E-state index in [1.807, 2.05) is 24.3 Å². The number of rotatable bonds is 15. The maximum absolute atomic E-state index is 13.9. The Morgan fingerprint density at radius 3 is 2.43 bits per heavy atom. The first kappa shape index (κ1) is 30.9. The summed E-state index contributed by atoms with van der Waals surface area (Å²) in [5.41, 5.74) is 6.44. The molecule has 0 bridgehead atoms. The average molecular weight is 610 g/mol. The summed E-state index contributed by atoms with van der Waals surface area (Å²) in [6.07, 6.45) is 8.63. The highest BCUT2D eigenvalue weighted by atomic mass is 35.5. The molecule has 0 unspecified atom stereocenters. The predicted molar refractivity (Wildman–Crippen MR) is 167 cm³/mol. The maximum atomic E-state index is 13.9. The highest BCUT2D eigenvalue weighted by Crippen LogP contribution is 2.31. The van der Waals surface area contributed by atoms with Crippen LogP contribution >= 0.6 is 22.9 Å². The monoisotopic (exact) mass is 609 g/mol. The van der Waals surface area contributed by atoms with E-state index in [0.717, 1.165) is 55.0 Å². The minimum absolute atomic E-state index is 0.211. The van der Waals surface area contributed by atoms with Crippen LogP contribution in [0, 0.1) is 5.82 Å². The van der Waals surface area contributed by atoms with Crippen LogP contribution in [-0.4, -0.2) is 29.3 Å². The summed E-state index contributed by atoms with van der Waals surface area (Å²) in [4.78, 5) is 41.4. The Morgan fingerprint density at radius 2 is 1.64 bits per heavy atom. The number of pyridine rings is 1. The van der Waals surface area contributed by atoms with Gasteiger partial charge >= 0.3 is 0 Å². The van der Waals surface area contributed by atoms with Crippen LogP contribution in [0.3, 0.4) is 0 Å². The van der Waals surface area contributed by atoms with Gasteiger partial charge in [-0.2, -0.15) is 0 Å². The number of fused-ring (bicyclic) bond motifs is 1. The molecule has 42 heavy (non-hydrogen) atoms. The topological polar surface area (TPSA) is 126 Å². The number of nitrogens with zero attached hydrogens (tertiary/aromatic N) is 1. The molecule has 220 valence electrons. The van der Waals surface area contributed by atoms with Gasteiger partial charge in [0.1, 0.15) is 5.82 Å². The van der Waals surface area contributed by atoms with Gasteiger partial charge in [0.05, 0.1) is 27.5 Å². The normalized spacial score (nSPS) is 10.9. The third-order valence-electron chi connectivity index (χ3n) is 6.69. The van der Waals surface area contributed by atoms with Crippen LogP contribution in [0.25, 0.3) is 10.1 Å². The van der Waals surface area contributed by atoms with Crippen LogP contribution in [0.15, 0.2) is 60.1 Å². The van der Waals surface area contributed by atoms with Gasteiger partial charge in [-0.3, -0.25) is 14.4 Å². The second kappa shape index (κ2) is 15.3. The number of carbonyl (C=O) groups is 3. The second-order valence-corrected chi connectivity index (χ2v) is 11.2. The number of nitrogens with one attached hydrogen (secondary N) is 3. The number of thiophene rings is 1. The molecule has 2 aromatic heterocycles. The maximum Gasteiger partial charge on any atom is 0.257 e. The summed E-state index contributed by atoms with van der Waals surface area (Å²) in [5.74, 6) is -1.22. The van der Waals surface area contributed by atoms with Crippen molar-refractivity contribution < 1.29 is 18.8 Å². The molecule has 2 aromatic carbocycles. The van der Waals surface area contributed by atoms with E-state index in [1.165, 1.54) is 41.8 Å². The fourth-order valence-corrected chi connectivity index (χ4v) is 5.57. The molecule has 2 heterocycles. The lowest BCUT2D eigenvalue weighted by atomic mass is 10.1. The van der Waals surface area contributed by atoms with Crippen molar-refractivity contribution in [2.75, 3.05) is 17.2 Å². The van der Waals surface area contributed by atoms with Crippen LogP contribution in [0.1, 0.15) is 72.1 Å². The first-order valence-corrected chi connectivity index (χ1v) is 15.1. The van der Waals surface area contributed by atoms with E-state index >= 15 is 0 Å². The minimum atomic E-state index is -0.490. The Kier molecular flexibility index (Phi) is 11.2. The summed E-state index contributed by atoms with van der Waals surface area (Å²) < 4.78 is 14.9. The number of anilines is 3. The minimum Gasteiger partial charge on any atom is -0.370 e. The fourth-order valence-electron chi connectivity index (χ4n) is 4.46. The molecule has 0 radical (unpaired) electrons. The van der Waals surface area contributed by atoms with Gasteiger partial charge in [0.2, 0.25) is 5.91 Å². The molecule has 0 fully saturated rings. The molecule has 0 atom stereocenters. The van der Waals surface area contributed by atoms with Gasteiger partial charge < -0.3 is 21.7 Å². The summed E-state index contributed by atoms with van der Waals surface area (Å²) >= 11 is 7.70. The molecule has 0 spiro atoms. The highest BCUT2D eigenvalue weighted by Gasteiger charge is 2.18. The number of carbonyl (C=O) groups excluding carboxylic acids is 3. The number of unbranched alkanes of at least 4 members (excludes halogenated alkanes) is 6. The Balaban J connectivity index is 1.40. The number of hydrogen-bond donors (Lipinski definition) is 4. The van der Waals surface area contributed by atoms with Gasteiger partial charge in [-0.05, 0) is 43.2 Å². The summed E-state index contributed by atoms with van der Waals surface area (Å²) in [6.45, 7) is 0.502. The smallest absolute Gasteiger partial charge is 0.257 e. The van der Waals surface area contributed by atoms with Crippen molar-refractivity contribution in [1.29, 1.82) is 0 Å². The Bertz CT molecular complexity index is 1560. The predicted octanol–water partition coefficient (Wildman–Crippen LogP) is 7.42. The molecule has 0 aliphatic heterocycles. The second-order valence-electron chi connectivity index (χ2n) is 9.92. The van der Waals surface area contributed by atoms with Gasteiger partial charge in [0.25, 0.3) is 11.8 Å². The lowest BCUT2D eigenvalue weighted by Gasteiger charge is -2.15. The van der Waals surface area contributed by atoms with Crippen molar-refractivity contribution in [3.63, 3.8) is 0 Å². The van der Waals surface area contributed by atoms with Gasteiger partial charge in [-0.1, -0.05) is 61.9 Å².